The number of anilines is 1. The summed E-state index contributed by atoms with van der Waals surface area (Å²) >= 11 is 0. The molecule has 6 nitrogen and oxygen atoms in total. The SMILES string of the molecule is Cc1ccc2[nH]c3nc(N/N=C\[C@H]4C[C@H]5C(=CCCC5(C)C)C[C@H]4C)nnc3c2c1. The van der Waals surface area contributed by atoms with Gasteiger partial charge in [-0.15, -0.1) is 10.2 Å². The predicted octanol–water partition coefficient (Wildman–Crippen LogP) is 5.62. The lowest BCUT2D eigenvalue weighted by atomic mass is 9.59. The van der Waals surface area contributed by atoms with E-state index in [9.17, 15) is 0 Å². The summed E-state index contributed by atoms with van der Waals surface area (Å²) in [5.74, 6) is 2.15. The van der Waals surface area contributed by atoms with Crippen molar-refractivity contribution in [3.63, 3.8) is 0 Å². The Morgan fingerprint density at radius 1 is 1.27 bits per heavy atom. The molecule has 6 heteroatoms. The fraction of sp³-hybridized carbons (Fsp3) is 0.500. The van der Waals surface area contributed by atoms with E-state index < -0.39 is 0 Å². The van der Waals surface area contributed by atoms with Gasteiger partial charge < -0.3 is 4.98 Å². The second kappa shape index (κ2) is 7.18. The summed E-state index contributed by atoms with van der Waals surface area (Å²) in [6, 6.07) is 6.24. The molecular weight excluding hydrogens is 372 g/mol. The van der Waals surface area contributed by atoms with Gasteiger partial charge in [-0.25, -0.2) is 5.43 Å². The smallest absolute Gasteiger partial charge is 0.265 e. The maximum absolute atomic E-state index is 4.57. The number of H-pyrrole nitrogens is 1. The van der Waals surface area contributed by atoms with Crippen LogP contribution in [0.15, 0.2) is 34.9 Å². The first kappa shape index (κ1) is 19.2. The fourth-order valence-electron chi connectivity index (χ4n) is 5.30. The summed E-state index contributed by atoms with van der Waals surface area (Å²) in [7, 11) is 0. The van der Waals surface area contributed by atoms with Gasteiger partial charge in [0.05, 0.1) is 0 Å². The van der Waals surface area contributed by atoms with Crippen molar-refractivity contribution < 1.29 is 0 Å². The highest BCUT2D eigenvalue weighted by Crippen LogP contribution is 2.50. The van der Waals surface area contributed by atoms with Crippen molar-refractivity contribution in [2.75, 3.05) is 5.43 Å². The van der Waals surface area contributed by atoms with Gasteiger partial charge in [-0.2, -0.15) is 10.1 Å². The lowest BCUT2D eigenvalue weighted by Gasteiger charge is -2.46. The summed E-state index contributed by atoms with van der Waals surface area (Å²) in [4.78, 5) is 7.89. The Labute approximate surface area is 177 Å². The summed E-state index contributed by atoms with van der Waals surface area (Å²) in [6.07, 6.45) is 9.42. The number of nitrogens with zero attached hydrogens (tertiary/aromatic N) is 4. The minimum atomic E-state index is 0.385. The van der Waals surface area contributed by atoms with Crippen LogP contribution in [0.2, 0.25) is 0 Å². The summed E-state index contributed by atoms with van der Waals surface area (Å²) < 4.78 is 0. The molecule has 0 bridgehead atoms. The van der Waals surface area contributed by atoms with Crippen LogP contribution >= 0.6 is 0 Å². The third kappa shape index (κ3) is 3.38. The van der Waals surface area contributed by atoms with E-state index in [-0.39, 0.29) is 0 Å². The molecular formula is C24H30N6. The second-order valence-corrected chi connectivity index (χ2v) is 9.84. The normalized spacial score (nSPS) is 26.1. The molecule has 0 unspecified atom stereocenters. The summed E-state index contributed by atoms with van der Waals surface area (Å²) in [6.45, 7) is 9.25. The Morgan fingerprint density at radius 2 is 2.13 bits per heavy atom. The van der Waals surface area contributed by atoms with Crippen LogP contribution in [0, 0.1) is 30.1 Å². The molecule has 5 rings (SSSR count). The van der Waals surface area contributed by atoms with E-state index in [1.165, 1.54) is 31.2 Å². The Balaban J connectivity index is 1.33. The highest BCUT2D eigenvalue weighted by Gasteiger charge is 2.40. The number of aromatic nitrogens is 4. The Hall–Kier alpha value is -2.76. The number of hydrogen-bond donors (Lipinski definition) is 2. The van der Waals surface area contributed by atoms with Gasteiger partial charge in [-0.1, -0.05) is 44.1 Å². The minimum Gasteiger partial charge on any atom is -0.338 e. The molecule has 0 spiro atoms. The van der Waals surface area contributed by atoms with Gasteiger partial charge in [0, 0.05) is 17.1 Å². The number of hydrogen-bond acceptors (Lipinski definition) is 5. The van der Waals surface area contributed by atoms with Gasteiger partial charge in [-0.3, -0.25) is 0 Å². The topological polar surface area (TPSA) is 78.9 Å². The average Bonchev–Trinajstić information content (AvgIpc) is 3.05. The monoisotopic (exact) mass is 402 g/mol. The molecule has 2 aliphatic carbocycles. The number of aryl methyl sites for hydroxylation is 1. The molecule has 0 radical (unpaired) electrons. The van der Waals surface area contributed by atoms with Crippen molar-refractivity contribution >= 4 is 34.2 Å². The van der Waals surface area contributed by atoms with Crippen molar-refractivity contribution in [1.82, 2.24) is 20.2 Å². The second-order valence-electron chi connectivity index (χ2n) is 9.84. The van der Waals surface area contributed by atoms with E-state index in [4.69, 9.17) is 0 Å². The first-order valence-electron chi connectivity index (χ1n) is 11.0. The Morgan fingerprint density at radius 3 is 3.00 bits per heavy atom. The third-order valence-electron chi connectivity index (χ3n) is 7.18. The van der Waals surface area contributed by atoms with Gasteiger partial charge in [0.25, 0.3) is 5.95 Å². The molecule has 2 aromatic heterocycles. The molecule has 0 saturated heterocycles. The molecule has 1 saturated carbocycles. The number of allylic oxidation sites excluding steroid dienone is 2. The lowest BCUT2D eigenvalue weighted by Crippen LogP contribution is -2.36. The van der Waals surface area contributed by atoms with Crippen LogP contribution in [0.1, 0.15) is 52.0 Å². The summed E-state index contributed by atoms with van der Waals surface area (Å²) in [5.41, 5.74) is 8.80. The van der Waals surface area contributed by atoms with Crippen molar-refractivity contribution in [1.29, 1.82) is 0 Å². The highest BCUT2D eigenvalue weighted by molar-refractivity contribution is 6.03. The molecule has 1 aromatic carbocycles. The largest absolute Gasteiger partial charge is 0.338 e. The lowest BCUT2D eigenvalue weighted by molar-refractivity contribution is 0.149. The maximum Gasteiger partial charge on any atom is 0.265 e. The van der Waals surface area contributed by atoms with E-state index in [1.807, 2.05) is 0 Å². The molecule has 2 N–H and O–H groups in total. The van der Waals surface area contributed by atoms with E-state index in [0.29, 0.717) is 29.1 Å². The number of benzene rings is 1. The third-order valence-corrected chi connectivity index (χ3v) is 7.18. The molecule has 0 amide bonds. The minimum absolute atomic E-state index is 0.385. The summed E-state index contributed by atoms with van der Waals surface area (Å²) in [5, 5.41) is 14.2. The van der Waals surface area contributed by atoms with Crippen LogP contribution in [0.5, 0.6) is 0 Å². The van der Waals surface area contributed by atoms with Crippen LogP contribution < -0.4 is 5.43 Å². The molecule has 3 atom stereocenters. The molecule has 2 aliphatic rings. The Bertz CT molecular complexity index is 1160. The quantitative estimate of drug-likeness (QED) is 0.338. The van der Waals surface area contributed by atoms with Crippen LogP contribution in [-0.2, 0) is 0 Å². The van der Waals surface area contributed by atoms with E-state index in [0.717, 1.165) is 22.1 Å². The fourth-order valence-corrected chi connectivity index (χ4v) is 5.30. The van der Waals surface area contributed by atoms with Crippen LogP contribution in [0.4, 0.5) is 5.95 Å². The zero-order valence-corrected chi connectivity index (χ0v) is 18.2. The Kier molecular flexibility index (Phi) is 4.60. The van der Waals surface area contributed by atoms with Crippen molar-refractivity contribution in [2.24, 2.45) is 28.3 Å². The maximum atomic E-state index is 4.57. The van der Waals surface area contributed by atoms with Gasteiger partial charge in [0.1, 0.15) is 5.52 Å². The first-order chi connectivity index (χ1) is 14.4. The number of fused-ring (bicyclic) bond motifs is 4. The van der Waals surface area contributed by atoms with E-state index in [1.54, 1.807) is 5.57 Å². The number of aromatic amines is 1. The molecule has 2 heterocycles. The van der Waals surface area contributed by atoms with Crippen LogP contribution in [0.25, 0.3) is 22.1 Å². The van der Waals surface area contributed by atoms with E-state index >= 15 is 0 Å². The van der Waals surface area contributed by atoms with Crippen LogP contribution in [0.3, 0.4) is 0 Å². The van der Waals surface area contributed by atoms with Crippen molar-refractivity contribution in [3.05, 3.63) is 35.4 Å². The van der Waals surface area contributed by atoms with E-state index in [2.05, 4.69) is 88.9 Å². The van der Waals surface area contributed by atoms with Gasteiger partial charge >= 0.3 is 0 Å². The van der Waals surface area contributed by atoms with Crippen molar-refractivity contribution in [2.45, 2.75) is 53.4 Å². The molecule has 0 aliphatic heterocycles. The van der Waals surface area contributed by atoms with Gasteiger partial charge in [0.15, 0.2) is 5.65 Å². The van der Waals surface area contributed by atoms with Gasteiger partial charge in [0.2, 0.25) is 0 Å². The zero-order valence-electron chi connectivity index (χ0n) is 18.2. The van der Waals surface area contributed by atoms with Gasteiger partial charge in [-0.05, 0) is 67.9 Å². The number of rotatable bonds is 3. The molecule has 3 aromatic rings. The zero-order chi connectivity index (χ0) is 20.9. The molecule has 30 heavy (non-hydrogen) atoms. The predicted molar refractivity (Wildman–Crippen MR) is 123 cm³/mol. The number of hydrazone groups is 1. The average molecular weight is 403 g/mol. The molecule has 156 valence electrons. The van der Waals surface area contributed by atoms with Crippen LogP contribution in [-0.4, -0.2) is 26.4 Å². The highest BCUT2D eigenvalue weighted by atomic mass is 15.4. The number of nitrogens with one attached hydrogen (secondary N) is 2. The molecule has 1 fully saturated rings. The first-order valence-corrected chi connectivity index (χ1v) is 11.0. The van der Waals surface area contributed by atoms with Crippen molar-refractivity contribution in [3.8, 4) is 0 Å². The standard InChI is InChI=1S/C24H30N6/c1-14-7-8-20-18(10-14)21-22(26-20)27-23(30-28-21)29-25-13-17-12-19-16(11-15(17)2)6-5-9-24(19,3)4/h6-8,10,13,15,17,19H,5,9,11-12H2,1-4H3,(H2,26,27,29,30)/b25-13-/t15-,17-,19+/m1/s1.